The maximum absolute atomic E-state index is 12.7. The number of rotatable bonds is 6. The molecule has 0 aliphatic carbocycles. The van der Waals surface area contributed by atoms with Crippen molar-refractivity contribution in [3.05, 3.63) is 94.5 Å². The van der Waals surface area contributed by atoms with E-state index in [1.165, 1.54) is 31.4 Å². The second-order valence-electron chi connectivity index (χ2n) is 6.66. The number of carbonyl (C=O) groups is 3. The van der Waals surface area contributed by atoms with Crippen LogP contribution in [-0.2, 0) is 4.74 Å². The number of ketones is 2. The van der Waals surface area contributed by atoms with Gasteiger partial charge in [0.25, 0.3) is 0 Å². The molecule has 0 spiro atoms. The van der Waals surface area contributed by atoms with Gasteiger partial charge in [-0.25, -0.2) is 4.79 Å². The molecule has 6 heteroatoms. The van der Waals surface area contributed by atoms with E-state index in [1.807, 2.05) is 0 Å². The van der Waals surface area contributed by atoms with E-state index in [4.69, 9.17) is 9.47 Å². The van der Waals surface area contributed by atoms with Gasteiger partial charge in [0.05, 0.1) is 26.9 Å². The lowest BCUT2D eigenvalue weighted by atomic mass is 9.99. The van der Waals surface area contributed by atoms with Gasteiger partial charge in [-0.3, -0.25) is 9.59 Å². The molecule has 32 heavy (non-hydrogen) atoms. The molecule has 3 rings (SSSR count). The van der Waals surface area contributed by atoms with E-state index in [1.54, 1.807) is 56.7 Å². The molecule has 3 aromatic rings. The molecule has 0 saturated heterocycles. The first kappa shape index (κ1) is 22.3. The Bertz CT molecular complexity index is 1210. The summed E-state index contributed by atoms with van der Waals surface area (Å²) in [4.78, 5) is 36.8. The number of carbonyl (C=O) groups excluding carboxylic acids is 3. The highest BCUT2D eigenvalue weighted by Crippen LogP contribution is 2.22. The lowest BCUT2D eigenvalue weighted by Gasteiger charge is -2.04. The van der Waals surface area contributed by atoms with E-state index in [0.29, 0.717) is 28.2 Å². The molecular formula is C26H20O6. The first-order valence-corrected chi connectivity index (χ1v) is 9.57. The summed E-state index contributed by atoms with van der Waals surface area (Å²) in [5, 5.41) is 0. The summed E-state index contributed by atoms with van der Waals surface area (Å²) < 4.78 is 15.1. The fourth-order valence-electron chi connectivity index (χ4n) is 2.90. The predicted molar refractivity (Wildman–Crippen MR) is 118 cm³/mol. The van der Waals surface area contributed by atoms with E-state index in [2.05, 4.69) is 16.6 Å². The Morgan fingerprint density at radius 2 is 1.19 bits per heavy atom. The third-order valence-corrected chi connectivity index (χ3v) is 4.60. The first-order chi connectivity index (χ1) is 15.4. The molecule has 0 heterocycles. The maximum Gasteiger partial charge on any atom is 0.337 e. The highest BCUT2D eigenvalue weighted by molar-refractivity contribution is 6.49. The van der Waals surface area contributed by atoms with Gasteiger partial charge in [-0.2, -0.15) is 0 Å². The monoisotopic (exact) mass is 428 g/mol. The first-order valence-electron chi connectivity index (χ1n) is 9.57. The molecule has 0 aliphatic heterocycles. The van der Waals surface area contributed by atoms with Crippen LogP contribution in [0.5, 0.6) is 11.5 Å². The van der Waals surface area contributed by atoms with E-state index in [9.17, 15) is 14.4 Å². The summed E-state index contributed by atoms with van der Waals surface area (Å²) >= 11 is 0. The average molecular weight is 428 g/mol. The Kier molecular flexibility index (Phi) is 7.04. The largest absolute Gasteiger partial charge is 0.497 e. The van der Waals surface area contributed by atoms with Gasteiger partial charge < -0.3 is 14.2 Å². The number of methoxy groups -OCH3 is 3. The Labute approximate surface area is 185 Å². The van der Waals surface area contributed by atoms with Crippen molar-refractivity contribution in [1.82, 2.24) is 0 Å². The zero-order chi connectivity index (χ0) is 23.1. The zero-order valence-electron chi connectivity index (χ0n) is 17.8. The van der Waals surface area contributed by atoms with Crippen LogP contribution in [0.4, 0.5) is 0 Å². The molecule has 0 aliphatic rings. The molecular weight excluding hydrogens is 408 g/mol. The zero-order valence-corrected chi connectivity index (χ0v) is 17.8. The quantitative estimate of drug-likeness (QED) is 0.256. The summed E-state index contributed by atoms with van der Waals surface area (Å²) in [5.41, 5.74) is 1.96. The van der Waals surface area contributed by atoms with Crippen molar-refractivity contribution >= 4 is 17.5 Å². The van der Waals surface area contributed by atoms with E-state index in [0.717, 1.165) is 0 Å². The van der Waals surface area contributed by atoms with Gasteiger partial charge in [0.1, 0.15) is 11.5 Å². The van der Waals surface area contributed by atoms with Crippen molar-refractivity contribution in [1.29, 1.82) is 0 Å². The van der Waals surface area contributed by atoms with Gasteiger partial charge in [-0.05, 0) is 36.4 Å². The van der Waals surface area contributed by atoms with Crippen molar-refractivity contribution in [3.8, 4) is 23.3 Å². The number of benzene rings is 3. The van der Waals surface area contributed by atoms with Crippen molar-refractivity contribution in [2.45, 2.75) is 0 Å². The minimum Gasteiger partial charge on any atom is -0.497 e. The van der Waals surface area contributed by atoms with Crippen molar-refractivity contribution in [2.24, 2.45) is 0 Å². The minimum atomic E-state index is -0.677. The molecule has 160 valence electrons. The highest BCUT2D eigenvalue weighted by atomic mass is 16.5. The van der Waals surface area contributed by atoms with Gasteiger partial charge in [0.15, 0.2) is 0 Å². The van der Waals surface area contributed by atoms with Crippen LogP contribution in [0.1, 0.15) is 42.2 Å². The molecule has 0 bridgehead atoms. The van der Waals surface area contributed by atoms with Crippen LogP contribution >= 0.6 is 0 Å². The summed E-state index contributed by atoms with van der Waals surface area (Å²) in [6.45, 7) is 0. The molecule has 0 atom stereocenters. The smallest absolute Gasteiger partial charge is 0.337 e. The fourth-order valence-corrected chi connectivity index (χ4v) is 2.90. The number of esters is 1. The Morgan fingerprint density at radius 1 is 0.625 bits per heavy atom. The van der Waals surface area contributed by atoms with E-state index >= 15 is 0 Å². The van der Waals surface area contributed by atoms with E-state index in [-0.39, 0.29) is 11.1 Å². The summed E-state index contributed by atoms with van der Waals surface area (Å²) in [5.74, 6) is 5.36. The predicted octanol–water partition coefficient (Wildman–Crippen LogP) is 3.96. The van der Waals surface area contributed by atoms with Crippen molar-refractivity contribution in [3.63, 3.8) is 0 Å². The molecule has 0 radical (unpaired) electrons. The van der Waals surface area contributed by atoms with Gasteiger partial charge in [-0.1, -0.05) is 36.1 Å². The molecule has 0 N–H and O–H groups in total. The van der Waals surface area contributed by atoms with Crippen molar-refractivity contribution in [2.75, 3.05) is 21.3 Å². The van der Waals surface area contributed by atoms with Crippen LogP contribution < -0.4 is 9.47 Å². The molecule has 0 saturated carbocycles. The maximum atomic E-state index is 12.7. The Balaban J connectivity index is 1.82. The van der Waals surface area contributed by atoms with Crippen LogP contribution in [0.2, 0.25) is 0 Å². The molecule has 6 nitrogen and oxygen atoms in total. The number of hydrogen-bond acceptors (Lipinski definition) is 6. The fraction of sp³-hybridized carbons (Fsp3) is 0.115. The number of ether oxygens (including phenoxy) is 3. The molecule has 3 aromatic carbocycles. The molecule has 0 amide bonds. The van der Waals surface area contributed by atoms with Gasteiger partial charge in [0, 0.05) is 28.3 Å². The highest BCUT2D eigenvalue weighted by Gasteiger charge is 2.19. The van der Waals surface area contributed by atoms with Crippen LogP contribution in [0, 0.1) is 11.8 Å². The normalized spacial score (nSPS) is 9.84. The lowest BCUT2D eigenvalue weighted by molar-refractivity contribution is 0.0600. The molecule has 0 unspecified atom stereocenters. The average Bonchev–Trinajstić information content (AvgIpc) is 2.86. The third kappa shape index (κ3) is 5.21. The summed E-state index contributed by atoms with van der Waals surface area (Å²) in [7, 11) is 4.38. The number of Topliss-reactive ketones (excluding diaryl/α,β-unsaturated/α-hetero) is 2. The molecule has 0 aromatic heterocycles. The SMILES string of the molecule is COC(=O)c1ccc(C(=O)C(=O)c2cccc(C#Cc3cc(OC)cc(OC)c3)c2)cc1. The second kappa shape index (κ2) is 10.1. The van der Waals surface area contributed by atoms with Crippen LogP contribution in [-0.4, -0.2) is 38.9 Å². The van der Waals surface area contributed by atoms with Crippen LogP contribution in [0.3, 0.4) is 0 Å². The minimum absolute atomic E-state index is 0.183. The Hall–Kier alpha value is -4.37. The third-order valence-electron chi connectivity index (χ3n) is 4.60. The number of hydrogen-bond donors (Lipinski definition) is 0. The Morgan fingerprint density at radius 3 is 1.78 bits per heavy atom. The second-order valence-corrected chi connectivity index (χ2v) is 6.66. The summed E-state index contributed by atoms with van der Waals surface area (Å²) in [6, 6.07) is 17.5. The summed E-state index contributed by atoms with van der Waals surface area (Å²) in [6.07, 6.45) is 0. The van der Waals surface area contributed by atoms with E-state index < -0.39 is 17.5 Å². The van der Waals surface area contributed by atoms with Crippen LogP contribution in [0.25, 0.3) is 0 Å². The lowest BCUT2D eigenvalue weighted by Crippen LogP contribution is -2.15. The molecule has 0 fully saturated rings. The van der Waals surface area contributed by atoms with Crippen LogP contribution in [0.15, 0.2) is 66.7 Å². The standard InChI is InChI=1S/C26H20O6/c1-30-22-14-18(15-23(16-22)31-2)8-7-17-5-4-6-21(13-17)25(28)24(27)19-9-11-20(12-10-19)26(29)32-3/h4-6,9-16H,1-3H3. The van der Waals surface area contributed by atoms with Gasteiger partial charge >= 0.3 is 5.97 Å². The topological polar surface area (TPSA) is 78.9 Å². The van der Waals surface area contributed by atoms with Gasteiger partial charge in [-0.15, -0.1) is 0 Å². The van der Waals surface area contributed by atoms with Crippen molar-refractivity contribution < 1.29 is 28.6 Å². The van der Waals surface area contributed by atoms with Gasteiger partial charge in [0.2, 0.25) is 11.6 Å².